The van der Waals surface area contributed by atoms with Gasteiger partial charge in [0.05, 0.1) is 11.8 Å². The van der Waals surface area contributed by atoms with Crippen molar-refractivity contribution in [3.8, 4) is 0 Å². The van der Waals surface area contributed by atoms with Crippen molar-refractivity contribution in [2.24, 2.45) is 45.6 Å². The van der Waals surface area contributed by atoms with Crippen molar-refractivity contribution in [1.29, 1.82) is 0 Å². The normalized spacial score (nSPS) is 46.7. The van der Waals surface area contributed by atoms with Crippen LogP contribution in [-0.2, 0) is 4.84 Å². The minimum atomic E-state index is -0.430. The summed E-state index contributed by atoms with van der Waals surface area (Å²) < 4.78 is 0. The first kappa shape index (κ1) is 24.5. The minimum absolute atomic E-state index is 0.0747. The van der Waals surface area contributed by atoms with Gasteiger partial charge in [-0.15, -0.1) is 0 Å². The second kappa shape index (κ2) is 9.72. The van der Waals surface area contributed by atoms with Crippen LogP contribution in [0.1, 0.15) is 97.8 Å². The number of piperidine rings is 1. The van der Waals surface area contributed by atoms with E-state index in [0.29, 0.717) is 29.8 Å². The Morgan fingerprint density at radius 3 is 2.62 bits per heavy atom. The lowest BCUT2D eigenvalue weighted by Gasteiger charge is -2.61. The van der Waals surface area contributed by atoms with Gasteiger partial charge in [0.2, 0.25) is 0 Å². The number of hydrogen-bond donors (Lipinski definition) is 3. The third kappa shape index (κ3) is 4.42. The van der Waals surface area contributed by atoms with Crippen LogP contribution < -0.4 is 10.6 Å². The van der Waals surface area contributed by atoms with Gasteiger partial charge in [-0.05, 0) is 119 Å². The summed E-state index contributed by atoms with van der Waals surface area (Å²) >= 11 is 0. The van der Waals surface area contributed by atoms with E-state index in [-0.39, 0.29) is 11.5 Å². The SMILES string of the molecule is C/C(=N\OC(=O)NCC1CCCCN1)[C@H]1CC[C@H]2[C@@H]3CC[C@@H]4C[C@H](O)CC[C@]4(C)[C@H]3CC[C@]12C. The van der Waals surface area contributed by atoms with Gasteiger partial charge in [0.1, 0.15) is 0 Å². The molecule has 192 valence electrons. The fourth-order valence-electron chi connectivity index (χ4n) is 9.44. The van der Waals surface area contributed by atoms with E-state index >= 15 is 0 Å². The molecule has 0 bridgehead atoms. The van der Waals surface area contributed by atoms with Crippen molar-refractivity contribution in [2.45, 2.75) is 110 Å². The van der Waals surface area contributed by atoms with Gasteiger partial charge in [-0.1, -0.05) is 25.4 Å². The van der Waals surface area contributed by atoms with Gasteiger partial charge in [-0.2, -0.15) is 0 Å². The zero-order chi connectivity index (χ0) is 23.9. The predicted molar refractivity (Wildman–Crippen MR) is 134 cm³/mol. The molecule has 1 amide bonds. The largest absolute Gasteiger partial charge is 0.433 e. The number of nitrogens with one attached hydrogen (secondary N) is 2. The van der Waals surface area contributed by atoms with E-state index in [2.05, 4.69) is 36.6 Å². The smallest absolute Gasteiger partial charge is 0.393 e. The number of aliphatic hydroxyl groups excluding tert-OH is 1. The van der Waals surface area contributed by atoms with Gasteiger partial charge in [0.25, 0.3) is 0 Å². The van der Waals surface area contributed by atoms with E-state index in [0.717, 1.165) is 55.7 Å². The van der Waals surface area contributed by atoms with Crippen molar-refractivity contribution in [3.05, 3.63) is 0 Å². The molecular formula is C28H47N3O3. The fraction of sp³-hybridized carbons (Fsp3) is 0.929. The molecule has 1 heterocycles. The summed E-state index contributed by atoms with van der Waals surface area (Å²) in [6.45, 7) is 8.76. The van der Waals surface area contributed by atoms with Crippen molar-refractivity contribution in [3.63, 3.8) is 0 Å². The Hall–Kier alpha value is -1.14. The molecule has 1 unspecified atom stereocenters. The zero-order valence-corrected chi connectivity index (χ0v) is 21.7. The summed E-state index contributed by atoms with van der Waals surface area (Å²) in [6, 6.07) is 0.348. The standard InChI is InChI=1S/C28H47N3O3/c1-18(31-34-26(33)30-17-20-6-4-5-15-29-20)23-9-10-24-22-8-7-19-16-21(32)11-13-27(19,2)25(22)12-14-28(23,24)3/h19-25,29,32H,4-17H2,1-3H3,(H,30,33)/b31-18+/t19-,20?,21-,22+,23-,24+,25+,27+,28-/m1/s1. The van der Waals surface area contributed by atoms with Crippen molar-refractivity contribution >= 4 is 11.8 Å². The van der Waals surface area contributed by atoms with Crippen LogP contribution in [0.2, 0.25) is 0 Å². The van der Waals surface area contributed by atoms with Gasteiger partial charge in [0.15, 0.2) is 0 Å². The molecule has 6 nitrogen and oxygen atoms in total. The Morgan fingerprint density at radius 1 is 1.03 bits per heavy atom. The molecule has 0 aromatic rings. The third-order valence-corrected chi connectivity index (χ3v) is 11.3. The Balaban J connectivity index is 1.20. The number of amides is 1. The molecule has 4 saturated carbocycles. The highest BCUT2D eigenvalue weighted by molar-refractivity contribution is 5.85. The highest BCUT2D eigenvalue weighted by Crippen LogP contribution is 2.67. The second-order valence-corrected chi connectivity index (χ2v) is 12.9. The lowest BCUT2D eigenvalue weighted by molar-refractivity contribution is -0.123. The first-order valence-electron chi connectivity index (χ1n) is 14.2. The maximum absolute atomic E-state index is 12.3. The van der Waals surface area contributed by atoms with Crippen LogP contribution in [0.15, 0.2) is 5.16 Å². The van der Waals surface area contributed by atoms with Crippen LogP contribution in [0.5, 0.6) is 0 Å². The van der Waals surface area contributed by atoms with Crippen LogP contribution in [0.25, 0.3) is 0 Å². The van der Waals surface area contributed by atoms with Crippen LogP contribution in [-0.4, -0.2) is 42.1 Å². The Labute approximate surface area is 206 Å². The number of rotatable bonds is 4. The summed E-state index contributed by atoms with van der Waals surface area (Å²) in [5.41, 5.74) is 1.67. The lowest BCUT2D eigenvalue weighted by Crippen LogP contribution is -2.54. The monoisotopic (exact) mass is 473 g/mol. The molecule has 5 aliphatic rings. The summed E-state index contributed by atoms with van der Waals surface area (Å²) in [7, 11) is 0. The fourth-order valence-corrected chi connectivity index (χ4v) is 9.44. The van der Waals surface area contributed by atoms with Crippen LogP contribution >= 0.6 is 0 Å². The van der Waals surface area contributed by atoms with Gasteiger partial charge in [0, 0.05) is 18.5 Å². The molecule has 5 rings (SSSR count). The van der Waals surface area contributed by atoms with Crippen LogP contribution in [0.3, 0.4) is 0 Å². The van der Waals surface area contributed by atoms with Crippen LogP contribution in [0.4, 0.5) is 4.79 Å². The number of aliphatic hydroxyl groups is 1. The van der Waals surface area contributed by atoms with E-state index in [4.69, 9.17) is 4.84 Å². The number of carbonyl (C=O) groups excluding carboxylic acids is 1. The van der Waals surface area contributed by atoms with Crippen molar-refractivity contribution < 1.29 is 14.7 Å². The maximum Gasteiger partial charge on any atom is 0.433 e. The molecular weight excluding hydrogens is 426 g/mol. The predicted octanol–water partition coefficient (Wildman–Crippen LogP) is 5.25. The Kier molecular flexibility index (Phi) is 7.02. The molecule has 5 fully saturated rings. The molecule has 4 aliphatic carbocycles. The summed E-state index contributed by atoms with van der Waals surface area (Å²) in [4.78, 5) is 17.6. The molecule has 1 aliphatic heterocycles. The number of oxime groups is 1. The molecule has 9 atom stereocenters. The number of carbonyl (C=O) groups is 1. The zero-order valence-electron chi connectivity index (χ0n) is 21.7. The summed E-state index contributed by atoms with van der Waals surface area (Å²) in [5, 5.41) is 21.0. The summed E-state index contributed by atoms with van der Waals surface area (Å²) in [5.74, 6) is 3.48. The average molecular weight is 474 g/mol. The van der Waals surface area contributed by atoms with Gasteiger partial charge in [-0.25, -0.2) is 4.79 Å². The molecule has 34 heavy (non-hydrogen) atoms. The molecule has 0 spiro atoms. The van der Waals surface area contributed by atoms with Gasteiger partial charge in [-0.3, -0.25) is 4.84 Å². The highest BCUT2D eigenvalue weighted by Gasteiger charge is 2.60. The minimum Gasteiger partial charge on any atom is -0.393 e. The molecule has 1 saturated heterocycles. The molecule has 0 aromatic carbocycles. The molecule has 0 aromatic heterocycles. The van der Waals surface area contributed by atoms with Gasteiger partial charge < -0.3 is 15.7 Å². The first-order valence-corrected chi connectivity index (χ1v) is 14.2. The van der Waals surface area contributed by atoms with Gasteiger partial charge >= 0.3 is 6.09 Å². The molecule has 0 radical (unpaired) electrons. The van der Waals surface area contributed by atoms with E-state index in [1.807, 2.05) is 0 Å². The number of hydrogen-bond acceptors (Lipinski definition) is 5. The average Bonchev–Trinajstić information content (AvgIpc) is 3.19. The van der Waals surface area contributed by atoms with E-state index < -0.39 is 6.09 Å². The van der Waals surface area contributed by atoms with E-state index in [9.17, 15) is 9.90 Å². The molecule has 6 heteroatoms. The number of nitrogens with zero attached hydrogens (tertiary/aromatic N) is 1. The van der Waals surface area contributed by atoms with E-state index in [1.165, 1.54) is 51.4 Å². The Morgan fingerprint density at radius 2 is 1.82 bits per heavy atom. The number of fused-ring (bicyclic) bond motifs is 5. The van der Waals surface area contributed by atoms with Crippen LogP contribution in [0, 0.1) is 40.4 Å². The van der Waals surface area contributed by atoms with Crippen molar-refractivity contribution in [2.75, 3.05) is 13.1 Å². The summed E-state index contributed by atoms with van der Waals surface area (Å²) in [6.07, 6.45) is 13.9. The Bertz CT molecular complexity index is 781. The third-order valence-electron chi connectivity index (χ3n) is 11.3. The first-order chi connectivity index (χ1) is 16.3. The second-order valence-electron chi connectivity index (χ2n) is 12.9. The highest BCUT2D eigenvalue weighted by atomic mass is 16.7. The maximum atomic E-state index is 12.3. The van der Waals surface area contributed by atoms with Crippen molar-refractivity contribution in [1.82, 2.24) is 10.6 Å². The van der Waals surface area contributed by atoms with E-state index in [1.54, 1.807) is 0 Å². The lowest BCUT2D eigenvalue weighted by atomic mass is 9.44. The quantitative estimate of drug-likeness (QED) is 0.296. The molecule has 3 N–H and O–H groups in total. The topological polar surface area (TPSA) is 83.0 Å².